The number of nitrogens with one attached hydrogen (secondary N) is 2. The maximum absolute atomic E-state index is 13.0. The summed E-state index contributed by atoms with van der Waals surface area (Å²) in [5.41, 5.74) is 0.730. The molecule has 25 heavy (non-hydrogen) atoms. The van der Waals surface area contributed by atoms with Crippen molar-refractivity contribution in [1.29, 1.82) is 0 Å². The first kappa shape index (κ1) is 18.3. The highest BCUT2D eigenvalue weighted by Gasteiger charge is 2.38. The van der Waals surface area contributed by atoms with Crippen LogP contribution in [-0.2, 0) is 10.3 Å². The quantitative estimate of drug-likeness (QED) is 0.683. The minimum Gasteiger partial charge on any atom is -0.497 e. The molecule has 2 aromatic carbocycles. The van der Waals surface area contributed by atoms with Crippen LogP contribution in [0.4, 0.5) is 5.69 Å². The number of carbonyl (C=O) groups is 1. The van der Waals surface area contributed by atoms with E-state index in [1.165, 1.54) is 0 Å². The molecule has 4 nitrogen and oxygen atoms in total. The van der Waals surface area contributed by atoms with E-state index >= 15 is 0 Å². The van der Waals surface area contributed by atoms with Gasteiger partial charge in [0.2, 0.25) is 0 Å². The molecular weight excluding hydrogens is 312 g/mol. The van der Waals surface area contributed by atoms with Crippen molar-refractivity contribution in [3.8, 4) is 5.75 Å². The molecule has 0 aromatic heterocycles. The molecule has 0 aliphatic carbocycles. The van der Waals surface area contributed by atoms with Crippen molar-refractivity contribution < 1.29 is 9.53 Å². The Morgan fingerprint density at radius 2 is 1.76 bits per heavy atom. The number of hydrogen-bond donors (Lipinski definition) is 2. The molecule has 0 spiro atoms. The van der Waals surface area contributed by atoms with Crippen molar-refractivity contribution in [2.24, 2.45) is 0 Å². The first-order chi connectivity index (χ1) is 12.2. The van der Waals surface area contributed by atoms with E-state index in [1.54, 1.807) is 19.3 Å². The van der Waals surface area contributed by atoms with Gasteiger partial charge in [0.05, 0.1) is 7.11 Å². The van der Waals surface area contributed by atoms with Crippen molar-refractivity contribution >= 4 is 11.6 Å². The van der Waals surface area contributed by atoms with Crippen LogP contribution in [0.2, 0.25) is 0 Å². The van der Waals surface area contributed by atoms with Gasteiger partial charge >= 0.3 is 0 Å². The van der Waals surface area contributed by atoms with Gasteiger partial charge in [-0.2, -0.15) is 0 Å². The molecule has 1 amide bonds. The summed E-state index contributed by atoms with van der Waals surface area (Å²) in [6.45, 7) is 7.91. The zero-order valence-corrected chi connectivity index (χ0v) is 14.5. The fourth-order valence-corrected chi connectivity index (χ4v) is 2.70. The molecule has 0 aliphatic heterocycles. The van der Waals surface area contributed by atoms with E-state index < -0.39 is 5.54 Å². The molecule has 0 saturated heterocycles. The number of rotatable bonds is 9. The standard InChI is InChI=1S/C21H24N2O2/c1-4-15-21(20(24)22-16-5-2,17-9-7-6-8-10-17)23-18-11-13-19(25-3)14-12-18/h4-14,23H,1-2,15-16H2,3H3,(H,22,24). The Bertz CT molecular complexity index is 710. The zero-order chi connectivity index (χ0) is 18.1. The van der Waals surface area contributed by atoms with Gasteiger partial charge in [-0.25, -0.2) is 0 Å². The molecule has 0 saturated carbocycles. The Labute approximate surface area is 149 Å². The van der Waals surface area contributed by atoms with Gasteiger partial charge in [0, 0.05) is 18.7 Å². The van der Waals surface area contributed by atoms with Gasteiger partial charge < -0.3 is 15.4 Å². The van der Waals surface area contributed by atoms with Crippen molar-refractivity contribution in [3.63, 3.8) is 0 Å². The van der Waals surface area contributed by atoms with Crippen LogP contribution >= 0.6 is 0 Å². The van der Waals surface area contributed by atoms with Crippen LogP contribution in [0.5, 0.6) is 5.75 Å². The molecule has 1 atom stereocenters. The molecule has 130 valence electrons. The highest BCUT2D eigenvalue weighted by atomic mass is 16.5. The minimum absolute atomic E-state index is 0.130. The van der Waals surface area contributed by atoms with E-state index in [1.807, 2.05) is 54.6 Å². The lowest BCUT2D eigenvalue weighted by Crippen LogP contribution is -2.50. The fourth-order valence-electron chi connectivity index (χ4n) is 2.70. The molecule has 0 bridgehead atoms. The van der Waals surface area contributed by atoms with E-state index in [0.717, 1.165) is 17.0 Å². The van der Waals surface area contributed by atoms with Crippen molar-refractivity contribution in [1.82, 2.24) is 5.32 Å². The van der Waals surface area contributed by atoms with Gasteiger partial charge in [0.1, 0.15) is 11.3 Å². The Balaban J connectivity index is 2.45. The van der Waals surface area contributed by atoms with Gasteiger partial charge in [0.25, 0.3) is 5.91 Å². The monoisotopic (exact) mass is 336 g/mol. The summed E-state index contributed by atoms with van der Waals surface area (Å²) in [5.74, 6) is 0.630. The SMILES string of the molecule is C=CCNC(=O)C(CC=C)(Nc1ccc(OC)cc1)c1ccccc1. The van der Waals surface area contributed by atoms with E-state index in [9.17, 15) is 4.79 Å². The first-order valence-corrected chi connectivity index (χ1v) is 8.14. The minimum atomic E-state index is -0.958. The largest absolute Gasteiger partial charge is 0.497 e. The van der Waals surface area contributed by atoms with Crippen LogP contribution in [0.15, 0.2) is 79.9 Å². The molecule has 0 heterocycles. The third kappa shape index (κ3) is 4.29. The van der Waals surface area contributed by atoms with Crippen LogP contribution in [0.3, 0.4) is 0 Å². The van der Waals surface area contributed by atoms with E-state index in [-0.39, 0.29) is 5.91 Å². The second-order valence-corrected chi connectivity index (χ2v) is 5.62. The molecule has 1 unspecified atom stereocenters. The third-order valence-corrected chi connectivity index (χ3v) is 3.96. The Kier molecular flexibility index (Phi) is 6.40. The maximum Gasteiger partial charge on any atom is 0.250 e. The predicted octanol–water partition coefficient (Wildman–Crippen LogP) is 3.88. The smallest absolute Gasteiger partial charge is 0.250 e. The fraction of sp³-hybridized carbons (Fsp3) is 0.190. The summed E-state index contributed by atoms with van der Waals surface area (Å²) in [5, 5.41) is 6.30. The molecule has 2 aromatic rings. The molecule has 0 fully saturated rings. The lowest BCUT2D eigenvalue weighted by atomic mass is 9.85. The second kappa shape index (κ2) is 8.73. The van der Waals surface area contributed by atoms with Gasteiger partial charge in [-0.05, 0) is 29.8 Å². The lowest BCUT2D eigenvalue weighted by Gasteiger charge is -2.34. The summed E-state index contributed by atoms with van der Waals surface area (Å²) in [7, 11) is 1.62. The summed E-state index contributed by atoms with van der Waals surface area (Å²) >= 11 is 0. The number of hydrogen-bond acceptors (Lipinski definition) is 3. The average Bonchev–Trinajstić information content (AvgIpc) is 2.67. The van der Waals surface area contributed by atoms with Gasteiger partial charge in [-0.1, -0.05) is 42.5 Å². The maximum atomic E-state index is 13.0. The van der Waals surface area contributed by atoms with Crippen LogP contribution in [0.25, 0.3) is 0 Å². The molecule has 0 radical (unpaired) electrons. The van der Waals surface area contributed by atoms with Crippen LogP contribution < -0.4 is 15.4 Å². The number of benzene rings is 2. The topological polar surface area (TPSA) is 50.4 Å². The van der Waals surface area contributed by atoms with Crippen molar-refractivity contribution in [2.75, 3.05) is 19.0 Å². The second-order valence-electron chi connectivity index (χ2n) is 5.62. The summed E-state index contributed by atoms with van der Waals surface area (Å²) in [6.07, 6.45) is 3.85. The highest BCUT2D eigenvalue weighted by Crippen LogP contribution is 2.31. The predicted molar refractivity (Wildman–Crippen MR) is 103 cm³/mol. The number of anilines is 1. The van der Waals surface area contributed by atoms with Gasteiger partial charge in [-0.15, -0.1) is 13.2 Å². The van der Waals surface area contributed by atoms with Crippen LogP contribution in [-0.4, -0.2) is 19.6 Å². The van der Waals surface area contributed by atoms with Crippen LogP contribution in [0, 0.1) is 0 Å². The van der Waals surface area contributed by atoms with E-state index in [4.69, 9.17) is 4.74 Å². The number of carbonyl (C=O) groups excluding carboxylic acids is 1. The third-order valence-electron chi connectivity index (χ3n) is 3.96. The molecule has 0 aliphatic rings. The Morgan fingerprint density at radius 3 is 2.32 bits per heavy atom. The summed E-state index contributed by atoms with van der Waals surface area (Å²) in [6, 6.07) is 17.1. The highest BCUT2D eigenvalue weighted by molar-refractivity contribution is 5.91. The number of amides is 1. The molecule has 2 rings (SSSR count). The number of methoxy groups -OCH3 is 1. The molecule has 4 heteroatoms. The lowest BCUT2D eigenvalue weighted by molar-refractivity contribution is -0.125. The van der Waals surface area contributed by atoms with Gasteiger partial charge in [-0.3, -0.25) is 4.79 Å². The molecular formula is C21H24N2O2. The van der Waals surface area contributed by atoms with Gasteiger partial charge in [0.15, 0.2) is 0 Å². The zero-order valence-electron chi connectivity index (χ0n) is 14.5. The normalized spacial score (nSPS) is 12.5. The van der Waals surface area contributed by atoms with Crippen molar-refractivity contribution in [2.45, 2.75) is 12.0 Å². The Morgan fingerprint density at radius 1 is 1.08 bits per heavy atom. The summed E-state index contributed by atoms with van der Waals surface area (Å²) < 4.78 is 5.20. The van der Waals surface area contributed by atoms with Crippen LogP contribution in [0.1, 0.15) is 12.0 Å². The Hall–Kier alpha value is -3.01. The first-order valence-electron chi connectivity index (χ1n) is 8.14. The summed E-state index contributed by atoms with van der Waals surface area (Å²) in [4.78, 5) is 13.0. The average molecular weight is 336 g/mol. The van der Waals surface area contributed by atoms with E-state index in [0.29, 0.717) is 13.0 Å². The molecule has 2 N–H and O–H groups in total. The van der Waals surface area contributed by atoms with Crippen molar-refractivity contribution in [3.05, 3.63) is 85.5 Å². The van der Waals surface area contributed by atoms with E-state index in [2.05, 4.69) is 23.8 Å². The number of ether oxygens (including phenoxy) is 1.